The van der Waals surface area contributed by atoms with Crippen molar-refractivity contribution in [2.45, 2.75) is 38.5 Å². The first kappa shape index (κ1) is 13.2. The molecule has 0 unspecified atom stereocenters. The largest absolute Gasteiger partial charge is 0.357 e. The monoisotopic (exact) mass is 228 g/mol. The van der Waals surface area contributed by atoms with Crippen LogP contribution in [0.15, 0.2) is 12.7 Å². The molecule has 3 N–H and O–H groups in total. The molecular formula is C11H20N2O3. The highest BCUT2D eigenvalue weighted by Gasteiger charge is 2.45. The Morgan fingerprint density at radius 3 is 3.06 bits per heavy atom. The van der Waals surface area contributed by atoms with Gasteiger partial charge in [0.15, 0.2) is 0 Å². The molecule has 92 valence electrons. The van der Waals surface area contributed by atoms with Crippen LogP contribution in [0.5, 0.6) is 0 Å². The van der Waals surface area contributed by atoms with Crippen LogP contribution in [0.2, 0.25) is 0 Å². The van der Waals surface area contributed by atoms with Gasteiger partial charge in [0.1, 0.15) is 0 Å². The van der Waals surface area contributed by atoms with Gasteiger partial charge in [-0.25, -0.2) is 0 Å². The standard InChI is InChI=1S/C11H20N2O3/c1-4-5-12-10(14)11(15)7-9(13-16-11)6-8(2)3/h4,8-9,13,15H,1,5-7H2,2-3H3,(H,12,14)/t9-,11+/m0/s1. The summed E-state index contributed by atoms with van der Waals surface area (Å²) in [7, 11) is 0. The van der Waals surface area contributed by atoms with Crippen molar-refractivity contribution in [3.63, 3.8) is 0 Å². The van der Waals surface area contributed by atoms with Gasteiger partial charge in [-0.05, 0) is 12.3 Å². The Morgan fingerprint density at radius 2 is 2.50 bits per heavy atom. The summed E-state index contributed by atoms with van der Waals surface area (Å²) in [6.45, 7) is 7.96. The predicted octanol–water partition coefficient (Wildman–Crippen LogP) is 0.317. The Hall–Kier alpha value is -0.910. The highest BCUT2D eigenvalue weighted by atomic mass is 16.8. The fourth-order valence-corrected chi connectivity index (χ4v) is 1.74. The molecule has 0 aromatic carbocycles. The molecule has 1 aliphatic heterocycles. The Bertz CT molecular complexity index is 268. The van der Waals surface area contributed by atoms with Gasteiger partial charge in [0, 0.05) is 19.0 Å². The van der Waals surface area contributed by atoms with Crippen LogP contribution in [0.3, 0.4) is 0 Å². The number of carbonyl (C=O) groups is 1. The topological polar surface area (TPSA) is 70.6 Å². The van der Waals surface area contributed by atoms with Gasteiger partial charge in [-0.2, -0.15) is 5.48 Å². The third kappa shape index (κ3) is 3.30. The fourth-order valence-electron chi connectivity index (χ4n) is 1.74. The minimum Gasteiger partial charge on any atom is -0.357 e. The molecule has 0 spiro atoms. The van der Waals surface area contributed by atoms with E-state index < -0.39 is 11.7 Å². The van der Waals surface area contributed by atoms with E-state index in [-0.39, 0.29) is 12.5 Å². The smallest absolute Gasteiger partial charge is 0.282 e. The molecule has 5 heteroatoms. The number of amides is 1. The molecule has 16 heavy (non-hydrogen) atoms. The van der Waals surface area contributed by atoms with Gasteiger partial charge in [-0.15, -0.1) is 6.58 Å². The zero-order valence-corrected chi connectivity index (χ0v) is 9.82. The second-order valence-corrected chi connectivity index (χ2v) is 4.53. The molecule has 1 saturated heterocycles. The van der Waals surface area contributed by atoms with Crippen LogP contribution in [0, 0.1) is 5.92 Å². The van der Waals surface area contributed by atoms with Crippen LogP contribution in [0.1, 0.15) is 26.7 Å². The predicted molar refractivity (Wildman–Crippen MR) is 60.2 cm³/mol. The van der Waals surface area contributed by atoms with Gasteiger partial charge in [-0.1, -0.05) is 19.9 Å². The van der Waals surface area contributed by atoms with Crippen LogP contribution < -0.4 is 10.8 Å². The van der Waals surface area contributed by atoms with Gasteiger partial charge in [0.25, 0.3) is 11.7 Å². The van der Waals surface area contributed by atoms with E-state index in [0.717, 1.165) is 6.42 Å². The van der Waals surface area contributed by atoms with Gasteiger partial charge < -0.3 is 10.4 Å². The number of nitrogens with one attached hydrogen (secondary N) is 2. The van der Waals surface area contributed by atoms with Crippen molar-refractivity contribution in [3.8, 4) is 0 Å². The fraction of sp³-hybridized carbons (Fsp3) is 0.727. The molecular weight excluding hydrogens is 208 g/mol. The van der Waals surface area contributed by atoms with Crippen molar-refractivity contribution in [3.05, 3.63) is 12.7 Å². The Kier molecular flexibility index (Phi) is 4.46. The lowest BCUT2D eigenvalue weighted by Gasteiger charge is -2.18. The summed E-state index contributed by atoms with van der Waals surface area (Å²) < 4.78 is 0. The molecule has 0 saturated carbocycles. The normalized spacial score (nSPS) is 29.4. The van der Waals surface area contributed by atoms with E-state index in [0.29, 0.717) is 12.5 Å². The summed E-state index contributed by atoms with van der Waals surface area (Å²) in [6, 6.07) is 0.0134. The van der Waals surface area contributed by atoms with Gasteiger partial charge >= 0.3 is 0 Å². The van der Waals surface area contributed by atoms with Gasteiger partial charge in [0.05, 0.1) is 0 Å². The Morgan fingerprint density at radius 1 is 1.81 bits per heavy atom. The van der Waals surface area contributed by atoms with Crippen LogP contribution in [0.25, 0.3) is 0 Å². The number of hydroxylamine groups is 1. The van der Waals surface area contributed by atoms with Crippen LogP contribution in [0.4, 0.5) is 0 Å². The average molecular weight is 228 g/mol. The summed E-state index contributed by atoms with van der Waals surface area (Å²) in [6.07, 6.45) is 2.68. The van der Waals surface area contributed by atoms with E-state index in [4.69, 9.17) is 4.84 Å². The van der Waals surface area contributed by atoms with Crippen LogP contribution in [-0.2, 0) is 9.63 Å². The molecule has 0 bridgehead atoms. The second kappa shape index (κ2) is 5.43. The van der Waals surface area contributed by atoms with E-state index >= 15 is 0 Å². The molecule has 1 heterocycles. The molecule has 1 fully saturated rings. The Balaban J connectivity index is 2.47. The maximum atomic E-state index is 11.6. The quantitative estimate of drug-likeness (QED) is 0.593. The lowest BCUT2D eigenvalue weighted by molar-refractivity contribution is -0.205. The molecule has 0 radical (unpaired) electrons. The van der Waals surface area contributed by atoms with E-state index in [2.05, 4.69) is 31.2 Å². The summed E-state index contributed by atoms with van der Waals surface area (Å²) in [4.78, 5) is 16.6. The van der Waals surface area contributed by atoms with E-state index in [1.54, 1.807) is 6.08 Å². The maximum absolute atomic E-state index is 11.6. The second-order valence-electron chi connectivity index (χ2n) is 4.53. The van der Waals surface area contributed by atoms with E-state index in [1.807, 2.05) is 0 Å². The molecule has 2 atom stereocenters. The highest BCUT2D eigenvalue weighted by molar-refractivity contribution is 5.83. The van der Waals surface area contributed by atoms with Crippen LogP contribution in [-0.4, -0.2) is 29.4 Å². The molecule has 1 aliphatic rings. The Labute approximate surface area is 95.8 Å². The average Bonchev–Trinajstić information content (AvgIpc) is 2.57. The summed E-state index contributed by atoms with van der Waals surface area (Å²) in [5.41, 5.74) is 2.70. The molecule has 1 rings (SSSR count). The van der Waals surface area contributed by atoms with Gasteiger partial charge in [0.2, 0.25) is 0 Å². The number of hydrogen-bond acceptors (Lipinski definition) is 4. The van der Waals surface area contributed by atoms with Crippen molar-refractivity contribution < 1.29 is 14.7 Å². The molecule has 5 nitrogen and oxygen atoms in total. The molecule has 0 aliphatic carbocycles. The highest BCUT2D eigenvalue weighted by Crippen LogP contribution is 2.24. The third-order valence-corrected chi connectivity index (χ3v) is 2.44. The summed E-state index contributed by atoms with van der Waals surface area (Å²) in [5.74, 6) is -1.78. The minimum atomic E-state index is -1.75. The van der Waals surface area contributed by atoms with Crippen molar-refractivity contribution in [1.82, 2.24) is 10.8 Å². The van der Waals surface area contributed by atoms with E-state index in [1.165, 1.54) is 0 Å². The van der Waals surface area contributed by atoms with E-state index in [9.17, 15) is 9.90 Å². The SMILES string of the molecule is C=CCNC(=O)[C@@]1(O)C[C@H](CC(C)C)NO1. The first-order valence-corrected chi connectivity index (χ1v) is 5.53. The first-order chi connectivity index (χ1) is 7.48. The van der Waals surface area contributed by atoms with Crippen molar-refractivity contribution in [2.24, 2.45) is 5.92 Å². The molecule has 0 aromatic heterocycles. The zero-order chi connectivity index (χ0) is 12.2. The number of rotatable bonds is 5. The minimum absolute atomic E-state index is 0.0134. The van der Waals surface area contributed by atoms with Crippen molar-refractivity contribution >= 4 is 5.91 Å². The third-order valence-electron chi connectivity index (χ3n) is 2.44. The summed E-state index contributed by atoms with van der Waals surface area (Å²) in [5, 5.41) is 12.5. The summed E-state index contributed by atoms with van der Waals surface area (Å²) >= 11 is 0. The molecule has 1 amide bonds. The lowest BCUT2D eigenvalue weighted by atomic mass is 9.98. The molecule has 0 aromatic rings. The van der Waals surface area contributed by atoms with Crippen LogP contribution >= 0.6 is 0 Å². The van der Waals surface area contributed by atoms with Crippen molar-refractivity contribution in [2.75, 3.05) is 6.54 Å². The lowest BCUT2D eigenvalue weighted by Crippen LogP contribution is -2.47. The number of aliphatic hydroxyl groups is 1. The van der Waals surface area contributed by atoms with Crippen molar-refractivity contribution in [1.29, 1.82) is 0 Å². The maximum Gasteiger partial charge on any atom is 0.282 e. The number of hydrogen-bond donors (Lipinski definition) is 3. The first-order valence-electron chi connectivity index (χ1n) is 5.53. The number of carbonyl (C=O) groups excluding carboxylic acids is 1. The zero-order valence-electron chi connectivity index (χ0n) is 9.82. The van der Waals surface area contributed by atoms with Gasteiger partial charge in [-0.3, -0.25) is 9.63 Å².